The van der Waals surface area contributed by atoms with E-state index in [0.717, 1.165) is 50.0 Å². The van der Waals surface area contributed by atoms with Crippen LogP contribution in [0.15, 0.2) is 58.3 Å². The number of piperazine rings is 1. The lowest BCUT2D eigenvalue weighted by molar-refractivity contribution is -0.130. The first-order valence-corrected chi connectivity index (χ1v) is 13.1. The molecule has 2 saturated heterocycles. The van der Waals surface area contributed by atoms with E-state index in [1.54, 1.807) is 6.26 Å². The molecule has 0 N–H and O–H groups in total. The minimum absolute atomic E-state index is 0.165. The molecule has 2 aromatic heterocycles. The molecule has 2 fully saturated rings. The largest absolute Gasteiger partial charge is 0.461 e. The van der Waals surface area contributed by atoms with Gasteiger partial charge in [0.1, 0.15) is 0 Å². The third-order valence-electron chi connectivity index (χ3n) is 6.62. The first-order chi connectivity index (χ1) is 16.8. The maximum atomic E-state index is 13.0. The van der Waals surface area contributed by atoms with Crippen molar-refractivity contribution in [2.75, 3.05) is 58.1 Å². The topological polar surface area (TPSA) is 70.6 Å². The highest BCUT2D eigenvalue weighted by Crippen LogP contribution is 2.26. The molecule has 3 aromatic rings. The zero-order chi connectivity index (χ0) is 23.2. The summed E-state index contributed by atoms with van der Waals surface area (Å²) in [6.45, 7) is 8.87. The standard InChI is InChI=1S/C25H32N6O2S/c32-23(30-16-14-29(15-17-30)13-12-28-10-4-5-11-28)20-34-25-27-26-24(22-9-6-18-33-22)31(25)19-21-7-2-1-3-8-21/h1-3,6-9,18H,4-5,10-17,19-20H2. The molecule has 8 nitrogen and oxygen atoms in total. The van der Waals surface area contributed by atoms with Crippen molar-refractivity contribution in [2.24, 2.45) is 0 Å². The van der Waals surface area contributed by atoms with E-state index < -0.39 is 0 Å². The van der Waals surface area contributed by atoms with Crippen molar-refractivity contribution in [3.8, 4) is 11.6 Å². The highest BCUT2D eigenvalue weighted by molar-refractivity contribution is 7.99. The van der Waals surface area contributed by atoms with E-state index in [2.05, 4.69) is 32.1 Å². The lowest BCUT2D eigenvalue weighted by Gasteiger charge is -2.35. The van der Waals surface area contributed by atoms with Crippen LogP contribution in [0, 0.1) is 0 Å². The number of carbonyl (C=O) groups is 1. The van der Waals surface area contributed by atoms with Gasteiger partial charge in [-0.25, -0.2) is 0 Å². The van der Waals surface area contributed by atoms with E-state index in [4.69, 9.17) is 4.42 Å². The highest BCUT2D eigenvalue weighted by Gasteiger charge is 2.23. The van der Waals surface area contributed by atoms with Crippen LogP contribution < -0.4 is 0 Å². The van der Waals surface area contributed by atoms with Crippen molar-refractivity contribution in [3.63, 3.8) is 0 Å². The second-order valence-corrected chi connectivity index (χ2v) is 9.86. The third-order valence-corrected chi connectivity index (χ3v) is 7.57. The van der Waals surface area contributed by atoms with Gasteiger partial charge in [-0.15, -0.1) is 10.2 Å². The van der Waals surface area contributed by atoms with Gasteiger partial charge in [-0.1, -0.05) is 42.1 Å². The van der Waals surface area contributed by atoms with Crippen molar-refractivity contribution in [2.45, 2.75) is 24.5 Å². The third kappa shape index (κ3) is 5.71. The molecule has 4 heterocycles. The summed E-state index contributed by atoms with van der Waals surface area (Å²) < 4.78 is 7.61. The van der Waals surface area contributed by atoms with Crippen LogP contribution in [0.4, 0.5) is 0 Å². The first kappa shape index (κ1) is 23.1. The van der Waals surface area contributed by atoms with Crippen LogP contribution in [0.3, 0.4) is 0 Å². The molecule has 0 aliphatic carbocycles. The maximum Gasteiger partial charge on any atom is 0.233 e. The zero-order valence-corrected chi connectivity index (χ0v) is 20.3. The molecule has 0 radical (unpaired) electrons. The Labute approximate surface area is 204 Å². The number of likely N-dealkylation sites (tertiary alicyclic amines) is 1. The van der Waals surface area contributed by atoms with Crippen LogP contribution in [0.2, 0.25) is 0 Å². The van der Waals surface area contributed by atoms with Crippen LogP contribution in [0.1, 0.15) is 18.4 Å². The molecule has 9 heteroatoms. The summed E-state index contributed by atoms with van der Waals surface area (Å²) in [5.41, 5.74) is 1.15. The van der Waals surface area contributed by atoms with Gasteiger partial charge in [0.25, 0.3) is 0 Å². The number of nitrogens with zero attached hydrogens (tertiary/aromatic N) is 6. The van der Waals surface area contributed by atoms with Crippen LogP contribution in [-0.4, -0.2) is 93.5 Å². The molecule has 0 atom stereocenters. The van der Waals surface area contributed by atoms with E-state index >= 15 is 0 Å². The Balaban J connectivity index is 1.16. The molecular formula is C25H32N6O2S. The summed E-state index contributed by atoms with van der Waals surface area (Å²) >= 11 is 1.45. The first-order valence-electron chi connectivity index (χ1n) is 12.1. The second-order valence-electron chi connectivity index (χ2n) is 8.92. The fraction of sp³-hybridized carbons (Fsp3) is 0.480. The monoisotopic (exact) mass is 480 g/mol. The normalized spacial score (nSPS) is 17.5. The zero-order valence-electron chi connectivity index (χ0n) is 19.5. The summed E-state index contributed by atoms with van der Waals surface area (Å²) in [6.07, 6.45) is 4.31. The van der Waals surface area contributed by atoms with Crippen molar-refractivity contribution >= 4 is 17.7 Å². The van der Waals surface area contributed by atoms with Crippen molar-refractivity contribution in [1.29, 1.82) is 0 Å². The molecule has 1 amide bonds. The predicted octanol–water partition coefficient (Wildman–Crippen LogP) is 2.92. The number of hydrogen-bond acceptors (Lipinski definition) is 7. The number of rotatable bonds is 9. The number of thioether (sulfide) groups is 1. The van der Waals surface area contributed by atoms with Gasteiger partial charge in [0.15, 0.2) is 10.9 Å². The van der Waals surface area contributed by atoms with E-state index in [1.165, 1.54) is 37.7 Å². The van der Waals surface area contributed by atoms with Gasteiger partial charge >= 0.3 is 0 Å². The van der Waals surface area contributed by atoms with Gasteiger partial charge in [-0.2, -0.15) is 0 Å². The van der Waals surface area contributed by atoms with Gasteiger partial charge in [0, 0.05) is 39.3 Å². The molecule has 0 saturated carbocycles. The molecule has 2 aliphatic heterocycles. The highest BCUT2D eigenvalue weighted by atomic mass is 32.2. The fourth-order valence-electron chi connectivity index (χ4n) is 4.62. The number of amides is 1. The Hall–Kier alpha value is -2.62. The van der Waals surface area contributed by atoms with Crippen molar-refractivity contribution in [3.05, 3.63) is 54.3 Å². The summed E-state index contributed by atoms with van der Waals surface area (Å²) in [5, 5.41) is 9.49. The Kier molecular flexibility index (Phi) is 7.62. The molecule has 34 heavy (non-hydrogen) atoms. The molecule has 2 aliphatic rings. The van der Waals surface area contributed by atoms with Crippen LogP contribution in [0.25, 0.3) is 11.6 Å². The Bertz CT molecular complexity index is 1040. The lowest BCUT2D eigenvalue weighted by Crippen LogP contribution is -2.50. The number of furan rings is 1. The van der Waals surface area contributed by atoms with Crippen molar-refractivity contribution in [1.82, 2.24) is 29.5 Å². The molecular weight excluding hydrogens is 448 g/mol. The summed E-state index contributed by atoms with van der Waals surface area (Å²) in [7, 11) is 0. The summed E-state index contributed by atoms with van der Waals surface area (Å²) in [4.78, 5) is 20.0. The lowest BCUT2D eigenvalue weighted by atomic mass is 10.2. The predicted molar refractivity (Wildman–Crippen MR) is 133 cm³/mol. The molecule has 0 spiro atoms. The summed E-state index contributed by atoms with van der Waals surface area (Å²) in [6, 6.07) is 13.9. The number of hydrogen-bond donors (Lipinski definition) is 0. The van der Waals surface area contributed by atoms with Crippen molar-refractivity contribution < 1.29 is 9.21 Å². The van der Waals surface area contributed by atoms with E-state index in [-0.39, 0.29) is 5.91 Å². The molecule has 180 valence electrons. The average Bonchev–Trinajstić information content (AvgIpc) is 3.65. The number of carbonyl (C=O) groups excluding carboxylic acids is 1. The van der Waals surface area contributed by atoms with Crippen LogP contribution in [0.5, 0.6) is 0 Å². The minimum Gasteiger partial charge on any atom is -0.461 e. The Morgan fingerprint density at radius 2 is 1.62 bits per heavy atom. The van der Waals surface area contributed by atoms with Gasteiger partial charge in [0.2, 0.25) is 11.7 Å². The maximum absolute atomic E-state index is 13.0. The number of benzene rings is 1. The Morgan fingerprint density at radius 1 is 0.882 bits per heavy atom. The molecule has 0 bridgehead atoms. The molecule has 0 unspecified atom stereocenters. The van der Waals surface area contributed by atoms with Gasteiger partial charge in [-0.3, -0.25) is 14.3 Å². The molecule has 5 rings (SSSR count). The van der Waals surface area contributed by atoms with Gasteiger partial charge in [-0.05, 0) is 43.6 Å². The van der Waals surface area contributed by atoms with Gasteiger partial charge in [0.05, 0.1) is 18.6 Å². The van der Waals surface area contributed by atoms with E-state index in [9.17, 15) is 4.79 Å². The van der Waals surface area contributed by atoms with Gasteiger partial charge < -0.3 is 14.2 Å². The van der Waals surface area contributed by atoms with Crippen LogP contribution in [-0.2, 0) is 11.3 Å². The van der Waals surface area contributed by atoms with E-state index in [0.29, 0.717) is 23.9 Å². The van der Waals surface area contributed by atoms with Crippen LogP contribution >= 0.6 is 11.8 Å². The smallest absolute Gasteiger partial charge is 0.233 e. The minimum atomic E-state index is 0.165. The second kappa shape index (κ2) is 11.2. The Morgan fingerprint density at radius 3 is 2.32 bits per heavy atom. The quantitative estimate of drug-likeness (QED) is 0.436. The fourth-order valence-corrected chi connectivity index (χ4v) is 5.46. The summed E-state index contributed by atoms with van der Waals surface area (Å²) in [5.74, 6) is 1.87. The number of aromatic nitrogens is 3. The molecule has 1 aromatic carbocycles. The van der Waals surface area contributed by atoms with E-state index in [1.807, 2.05) is 39.8 Å². The average molecular weight is 481 g/mol. The SMILES string of the molecule is O=C(CSc1nnc(-c2ccco2)n1Cc1ccccc1)N1CCN(CCN2CCCC2)CC1.